The molecule has 1 N–H and O–H groups in total. The van der Waals surface area contributed by atoms with Crippen LogP contribution in [-0.2, 0) is 10.0 Å². The first-order valence-corrected chi connectivity index (χ1v) is 13.5. The Balaban J connectivity index is 1.42. The van der Waals surface area contributed by atoms with Crippen molar-refractivity contribution in [2.45, 2.75) is 11.8 Å². The van der Waals surface area contributed by atoms with Gasteiger partial charge in [-0.25, -0.2) is 13.2 Å². The second-order valence-electron chi connectivity index (χ2n) is 8.73. The maximum absolute atomic E-state index is 13.2. The molecule has 0 bridgehead atoms. The Labute approximate surface area is 219 Å². The van der Waals surface area contributed by atoms with Gasteiger partial charge in [0.05, 0.1) is 15.4 Å². The molecule has 2 heterocycles. The number of sulfonamides is 1. The number of hydrogen-bond donors (Lipinski definition) is 1. The van der Waals surface area contributed by atoms with Gasteiger partial charge in [0, 0.05) is 43.8 Å². The second kappa shape index (κ2) is 10.0. The van der Waals surface area contributed by atoms with Crippen LogP contribution in [0, 0.1) is 6.92 Å². The molecule has 1 amide bonds. The highest BCUT2D eigenvalue weighted by atomic mass is 35.5. The molecule has 0 radical (unpaired) electrons. The number of piperazine rings is 1. The summed E-state index contributed by atoms with van der Waals surface area (Å²) in [6.07, 6.45) is 0.745. The summed E-state index contributed by atoms with van der Waals surface area (Å²) in [5.74, 6) is 0.926. The van der Waals surface area contributed by atoms with E-state index < -0.39 is 16.1 Å². The summed E-state index contributed by atoms with van der Waals surface area (Å²) in [5, 5.41) is 10.6. The van der Waals surface area contributed by atoms with Gasteiger partial charge in [0.15, 0.2) is 0 Å². The van der Waals surface area contributed by atoms with Crippen LogP contribution in [0.15, 0.2) is 77.8 Å². The van der Waals surface area contributed by atoms with Crippen LogP contribution in [0.3, 0.4) is 0 Å². The molecule has 0 saturated carbocycles. The van der Waals surface area contributed by atoms with Crippen LogP contribution in [0.1, 0.15) is 5.56 Å². The molecule has 3 aromatic carbocycles. The van der Waals surface area contributed by atoms with E-state index in [1.807, 2.05) is 49.4 Å². The molecule has 10 heteroatoms. The average Bonchev–Trinajstić information content (AvgIpc) is 2.89. The molecule has 0 spiro atoms. The van der Waals surface area contributed by atoms with Crippen molar-refractivity contribution in [3.8, 4) is 22.6 Å². The van der Waals surface area contributed by atoms with Crippen LogP contribution in [0.5, 0.6) is 11.5 Å². The molecule has 190 valence electrons. The van der Waals surface area contributed by atoms with Crippen LogP contribution in [0.25, 0.3) is 22.0 Å². The predicted octanol–water partition coefficient (Wildman–Crippen LogP) is 5.64. The van der Waals surface area contributed by atoms with Gasteiger partial charge in [-0.15, -0.1) is 0 Å². The maximum Gasteiger partial charge on any atom is 0.407 e. The van der Waals surface area contributed by atoms with E-state index in [4.69, 9.17) is 21.4 Å². The third-order valence-corrected chi connectivity index (χ3v) is 8.55. The van der Waals surface area contributed by atoms with Gasteiger partial charge < -0.3 is 14.7 Å². The first kappa shape index (κ1) is 25.0. The molecule has 1 aliphatic rings. The number of amides is 1. The minimum atomic E-state index is -3.80. The minimum absolute atomic E-state index is 0.0931. The molecule has 1 aromatic heterocycles. The molecule has 8 nitrogen and oxygen atoms in total. The average molecular weight is 538 g/mol. The third kappa shape index (κ3) is 4.98. The van der Waals surface area contributed by atoms with Gasteiger partial charge in [-0.3, -0.25) is 4.98 Å². The standard InChI is InChI=1S/C27H24ClN3O5S/c1-18-17-29-26-23(9-4-10-24(26)28)25(18)19-5-2-6-20(15-19)36-21-7-3-8-22(16-21)37(34,35)31-13-11-30(12-14-31)27(32)33/h2-10,15-17H,11-14H2,1H3,(H,32,33). The van der Waals surface area contributed by atoms with E-state index in [2.05, 4.69) is 4.98 Å². The monoisotopic (exact) mass is 537 g/mol. The van der Waals surface area contributed by atoms with Gasteiger partial charge in [0.2, 0.25) is 10.0 Å². The number of rotatable bonds is 5. The highest BCUT2D eigenvalue weighted by molar-refractivity contribution is 7.89. The lowest BCUT2D eigenvalue weighted by molar-refractivity contribution is 0.126. The number of aryl methyl sites for hydroxylation is 1. The van der Waals surface area contributed by atoms with Crippen LogP contribution in [0.2, 0.25) is 5.02 Å². The highest BCUT2D eigenvalue weighted by Crippen LogP contribution is 2.36. The van der Waals surface area contributed by atoms with Crippen LogP contribution in [0.4, 0.5) is 4.79 Å². The smallest absolute Gasteiger partial charge is 0.407 e. The lowest BCUT2D eigenvalue weighted by Crippen LogP contribution is -2.50. The molecule has 0 atom stereocenters. The van der Waals surface area contributed by atoms with E-state index in [1.165, 1.54) is 21.3 Å². The number of pyridine rings is 1. The molecule has 37 heavy (non-hydrogen) atoms. The molecule has 5 rings (SSSR count). The summed E-state index contributed by atoms with van der Waals surface area (Å²) in [6, 6.07) is 19.6. The fraction of sp³-hybridized carbons (Fsp3) is 0.185. The zero-order chi connectivity index (χ0) is 26.2. The number of ether oxygens (including phenoxy) is 1. The largest absolute Gasteiger partial charge is 0.465 e. The van der Waals surface area contributed by atoms with Crippen molar-refractivity contribution in [2.24, 2.45) is 0 Å². The first-order valence-electron chi connectivity index (χ1n) is 11.6. The second-order valence-corrected chi connectivity index (χ2v) is 11.1. The number of fused-ring (bicyclic) bond motifs is 1. The SMILES string of the molecule is Cc1cnc2c(Cl)cccc2c1-c1cccc(Oc2cccc(S(=O)(=O)N3CCN(C(=O)O)CC3)c2)c1. The van der Waals surface area contributed by atoms with Gasteiger partial charge in [-0.1, -0.05) is 41.9 Å². The molecule has 0 aliphatic carbocycles. The van der Waals surface area contributed by atoms with Crippen LogP contribution in [-0.4, -0.2) is 60.0 Å². The number of para-hydroxylation sites is 1. The Kier molecular flexibility index (Phi) is 6.76. The van der Waals surface area contributed by atoms with E-state index >= 15 is 0 Å². The highest BCUT2D eigenvalue weighted by Gasteiger charge is 2.30. The van der Waals surface area contributed by atoms with E-state index in [1.54, 1.807) is 18.3 Å². The fourth-order valence-corrected chi connectivity index (χ4v) is 6.17. The Morgan fingerprint density at radius 3 is 2.38 bits per heavy atom. The van der Waals surface area contributed by atoms with E-state index in [-0.39, 0.29) is 31.1 Å². The summed E-state index contributed by atoms with van der Waals surface area (Å²) in [4.78, 5) is 16.9. The maximum atomic E-state index is 13.2. The molecule has 4 aromatic rings. The molecular formula is C27H24ClN3O5S. The minimum Gasteiger partial charge on any atom is -0.465 e. The molecule has 1 saturated heterocycles. The van der Waals surface area contributed by atoms with Crippen molar-refractivity contribution in [3.05, 3.63) is 83.5 Å². The van der Waals surface area contributed by atoms with Crippen molar-refractivity contribution in [3.63, 3.8) is 0 Å². The van der Waals surface area contributed by atoms with Crippen molar-refractivity contribution in [2.75, 3.05) is 26.2 Å². The molecule has 0 unspecified atom stereocenters. The van der Waals surface area contributed by atoms with Crippen molar-refractivity contribution in [1.29, 1.82) is 0 Å². The number of halogens is 1. The zero-order valence-electron chi connectivity index (χ0n) is 20.0. The third-order valence-electron chi connectivity index (χ3n) is 6.35. The van der Waals surface area contributed by atoms with Gasteiger partial charge in [-0.2, -0.15) is 4.31 Å². The summed E-state index contributed by atoms with van der Waals surface area (Å²) in [6.45, 7) is 2.45. The van der Waals surface area contributed by atoms with Crippen molar-refractivity contribution >= 4 is 38.6 Å². The zero-order valence-corrected chi connectivity index (χ0v) is 21.5. The lowest BCUT2D eigenvalue weighted by Gasteiger charge is -2.32. The van der Waals surface area contributed by atoms with Gasteiger partial charge in [0.1, 0.15) is 11.5 Å². The van der Waals surface area contributed by atoms with E-state index in [9.17, 15) is 13.2 Å². The van der Waals surface area contributed by atoms with Crippen LogP contribution >= 0.6 is 11.6 Å². The predicted molar refractivity (Wildman–Crippen MR) is 142 cm³/mol. The topological polar surface area (TPSA) is 100 Å². The quantitative estimate of drug-likeness (QED) is 0.353. The number of carboxylic acid groups (broad SMARTS) is 1. The summed E-state index contributed by atoms with van der Waals surface area (Å²) in [7, 11) is -3.80. The summed E-state index contributed by atoms with van der Waals surface area (Å²) >= 11 is 6.37. The molecule has 1 fully saturated rings. The number of nitrogens with zero attached hydrogens (tertiary/aromatic N) is 3. The normalized spacial score (nSPS) is 14.6. The number of hydrogen-bond acceptors (Lipinski definition) is 5. The Bertz CT molecular complexity index is 1600. The van der Waals surface area contributed by atoms with Crippen molar-refractivity contribution in [1.82, 2.24) is 14.2 Å². The van der Waals surface area contributed by atoms with Gasteiger partial charge >= 0.3 is 6.09 Å². The Morgan fingerprint density at radius 1 is 0.973 bits per heavy atom. The molecule has 1 aliphatic heterocycles. The van der Waals surface area contributed by atoms with Crippen LogP contribution < -0.4 is 4.74 Å². The number of aromatic nitrogens is 1. The van der Waals surface area contributed by atoms with E-state index in [0.717, 1.165) is 27.6 Å². The Hall–Kier alpha value is -3.66. The first-order chi connectivity index (χ1) is 17.7. The van der Waals surface area contributed by atoms with Gasteiger partial charge in [-0.05, 0) is 53.9 Å². The summed E-state index contributed by atoms with van der Waals surface area (Å²) in [5.41, 5.74) is 3.63. The van der Waals surface area contributed by atoms with E-state index in [0.29, 0.717) is 16.5 Å². The summed E-state index contributed by atoms with van der Waals surface area (Å²) < 4.78 is 33.7. The lowest BCUT2D eigenvalue weighted by atomic mass is 9.97. The number of benzene rings is 3. The molecular weight excluding hydrogens is 514 g/mol. The fourth-order valence-electron chi connectivity index (χ4n) is 4.49. The van der Waals surface area contributed by atoms with Gasteiger partial charge in [0.25, 0.3) is 0 Å². The Morgan fingerprint density at radius 2 is 1.65 bits per heavy atom. The number of carbonyl (C=O) groups is 1. The van der Waals surface area contributed by atoms with Crippen molar-refractivity contribution < 1.29 is 23.1 Å².